The van der Waals surface area contributed by atoms with E-state index in [-0.39, 0.29) is 30.7 Å². The fourth-order valence-corrected chi connectivity index (χ4v) is 3.50. The third-order valence-electron chi connectivity index (χ3n) is 5.55. The number of allylic oxidation sites excluding steroid dienone is 1. The molecule has 0 aliphatic heterocycles. The minimum Gasteiger partial charge on any atom is -0.495 e. The third kappa shape index (κ3) is 9.17. The lowest BCUT2D eigenvalue weighted by atomic mass is 9.81. The highest BCUT2D eigenvalue weighted by Crippen LogP contribution is 2.30. The van der Waals surface area contributed by atoms with Gasteiger partial charge in [0.2, 0.25) is 0 Å². The number of hydrogen-bond donors (Lipinski definition) is 3. The van der Waals surface area contributed by atoms with Gasteiger partial charge in [0, 0.05) is 18.2 Å². The highest BCUT2D eigenvalue weighted by Gasteiger charge is 2.35. The van der Waals surface area contributed by atoms with Crippen LogP contribution in [-0.2, 0) is 9.47 Å². The molecule has 1 rings (SSSR count). The molecule has 0 fully saturated rings. The van der Waals surface area contributed by atoms with Gasteiger partial charge in [-0.3, -0.25) is 9.88 Å². The number of hydrogen-bond acceptors (Lipinski definition) is 7. The van der Waals surface area contributed by atoms with Crippen molar-refractivity contribution in [2.45, 2.75) is 85.7 Å². The van der Waals surface area contributed by atoms with E-state index < -0.39 is 41.6 Å². The third-order valence-corrected chi connectivity index (χ3v) is 5.55. The van der Waals surface area contributed by atoms with Crippen molar-refractivity contribution in [2.75, 3.05) is 11.9 Å². The number of rotatable bonds is 11. The Labute approximate surface area is 196 Å². The van der Waals surface area contributed by atoms with Crippen LogP contribution in [0.15, 0.2) is 29.4 Å². The maximum Gasteiger partial charge on any atom is 0.413 e. The van der Waals surface area contributed by atoms with Gasteiger partial charge in [-0.1, -0.05) is 27.4 Å². The first-order valence-corrected chi connectivity index (χ1v) is 11.4. The number of carbonyl (C=O) groups is 1. The number of amides is 1. The Morgan fingerprint density at radius 1 is 1.27 bits per heavy atom. The average molecular weight is 468 g/mol. The van der Waals surface area contributed by atoms with Gasteiger partial charge in [0.1, 0.15) is 17.5 Å². The Kier molecular flexibility index (Phi) is 10.6. The van der Waals surface area contributed by atoms with E-state index in [1.807, 2.05) is 6.92 Å². The summed E-state index contributed by atoms with van der Waals surface area (Å²) in [6, 6.07) is 1.08. The second kappa shape index (κ2) is 12.2. The largest absolute Gasteiger partial charge is 0.495 e. The molecule has 5 unspecified atom stereocenters. The smallest absolute Gasteiger partial charge is 0.413 e. The first-order valence-electron chi connectivity index (χ1n) is 11.4. The number of aliphatic hydroxyl groups is 2. The van der Waals surface area contributed by atoms with Gasteiger partial charge in [-0.2, -0.15) is 4.98 Å². The van der Waals surface area contributed by atoms with Crippen LogP contribution < -0.4 is 11.0 Å². The van der Waals surface area contributed by atoms with E-state index >= 15 is 0 Å². The molecule has 0 spiro atoms. The van der Waals surface area contributed by atoms with Crippen LogP contribution in [0.2, 0.25) is 0 Å². The van der Waals surface area contributed by atoms with E-state index in [1.165, 1.54) is 16.8 Å². The molecule has 0 saturated heterocycles. The van der Waals surface area contributed by atoms with E-state index in [1.54, 1.807) is 34.6 Å². The van der Waals surface area contributed by atoms with Crippen molar-refractivity contribution in [1.82, 2.24) is 9.55 Å². The molecular weight excluding hydrogens is 426 g/mol. The predicted octanol–water partition coefficient (Wildman–Crippen LogP) is 3.72. The van der Waals surface area contributed by atoms with Gasteiger partial charge in [0.25, 0.3) is 0 Å². The minimum atomic E-state index is -0.929. The summed E-state index contributed by atoms with van der Waals surface area (Å²) in [7, 11) is 0. The summed E-state index contributed by atoms with van der Waals surface area (Å²) in [4.78, 5) is 28.3. The molecule has 1 aromatic rings. The maximum absolute atomic E-state index is 12.5. The predicted molar refractivity (Wildman–Crippen MR) is 128 cm³/mol. The molecule has 33 heavy (non-hydrogen) atoms. The van der Waals surface area contributed by atoms with E-state index in [0.29, 0.717) is 5.76 Å². The molecule has 9 heteroatoms. The molecule has 1 aromatic heterocycles. The quantitative estimate of drug-likeness (QED) is 0.424. The van der Waals surface area contributed by atoms with Crippen LogP contribution in [0.5, 0.6) is 0 Å². The Bertz CT molecular complexity index is 845. The summed E-state index contributed by atoms with van der Waals surface area (Å²) < 4.78 is 12.4. The monoisotopic (exact) mass is 467 g/mol. The molecule has 0 aliphatic rings. The number of nitrogens with zero attached hydrogens (tertiary/aromatic N) is 2. The zero-order valence-corrected chi connectivity index (χ0v) is 21.2. The SMILES string of the molecule is C=C(C)OC(C(C)C(C)C)C(CO)C(O)CC(C)n1ccc(NC(=O)OC(C)(C)C)nc1=O. The number of ether oxygens (including phenoxy) is 2. The second-order valence-corrected chi connectivity index (χ2v) is 10.0. The normalized spacial score (nSPS) is 16.5. The molecule has 0 radical (unpaired) electrons. The van der Waals surface area contributed by atoms with Crippen LogP contribution in [-0.4, -0.2) is 50.3 Å². The van der Waals surface area contributed by atoms with Crippen LogP contribution in [0.4, 0.5) is 10.6 Å². The van der Waals surface area contributed by atoms with Crippen molar-refractivity contribution in [3.63, 3.8) is 0 Å². The van der Waals surface area contributed by atoms with Crippen LogP contribution in [0.1, 0.15) is 67.9 Å². The summed E-state index contributed by atoms with van der Waals surface area (Å²) in [5.41, 5.74) is -1.25. The van der Waals surface area contributed by atoms with Crippen molar-refractivity contribution in [3.8, 4) is 0 Å². The number of carbonyl (C=O) groups excluding carboxylic acids is 1. The van der Waals surface area contributed by atoms with Gasteiger partial charge in [-0.05, 0) is 58.9 Å². The summed E-state index contributed by atoms with van der Waals surface area (Å²) >= 11 is 0. The first kappa shape index (κ1) is 28.6. The highest BCUT2D eigenvalue weighted by molar-refractivity contribution is 5.83. The average Bonchev–Trinajstić information content (AvgIpc) is 2.65. The van der Waals surface area contributed by atoms with E-state index in [2.05, 4.69) is 30.7 Å². The number of aromatic nitrogens is 2. The van der Waals surface area contributed by atoms with Gasteiger partial charge < -0.3 is 19.7 Å². The Hall–Kier alpha value is -2.39. The van der Waals surface area contributed by atoms with Crippen LogP contribution >= 0.6 is 0 Å². The van der Waals surface area contributed by atoms with Crippen molar-refractivity contribution in [1.29, 1.82) is 0 Å². The van der Waals surface area contributed by atoms with Gasteiger partial charge in [-0.25, -0.2) is 9.59 Å². The van der Waals surface area contributed by atoms with Crippen molar-refractivity contribution < 1.29 is 24.5 Å². The molecular formula is C24H41N3O6. The van der Waals surface area contributed by atoms with Gasteiger partial charge >= 0.3 is 11.8 Å². The molecule has 0 saturated carbocycles. The van der Waals surface area contributed by atoms with Crippen molar-refractivity contribution >= 4 is 11.9 Å². The van der Waals surface area contributed by atoms with Gasteiger partial charge in [0.15, 0.2) is 0 Å². The molecule has 0 aromatic carbocycles. The van der Waals surface area contributed by atoms with Crippen LogP contribution in [0, 0.1) is 17.8 Å². The zero-order chi connectivity index (χ0) is 25.5. The number of anilines is 1. The molecule has 0 bridgehead atoms. The first-order chi connectivity index (χ1) is 15.2. The second-order valence-electron chi connectivity index (χ2n) is 10.0. The van der Waals surface area contributed by atoms with E-state index in [0.717, 1.165) is 0 Å². The highest BCUT2D eigenvalue weighted by atomic mass is 16.6. The fraction of sp³-hybridized carbons (Fsp3) is 0.708. The minimum absolute atomic E-state index is 0.0615. The van der Waals surface area contributed by atoms with Crippen molar-refractivity contribution in [3.05, 3.63) is 35.1 Å². The van der Waals surface area contributed by atoms with Gasteiger partial charge in [0.05, 0.1) is 18.5 Å². The lowest BCUT2D eigenvalue weighted by molar-refractivity contribution is -0.0677. The number of aliphatic hydroxyl groups excluding tert-OH is 2. The Balaban J connectivity index is 2.97. The van der Waals surface area contributed by atoms with E-state index in [4.69, 9.17) is 9.47 Å². The van der Waals surface area contributed by atoms with Crippen molar-refractivity contribution in [2.24, 2.45) is 17.8 Å². The maximum atomic E-state index is 12.5. The fourth-order valence-electron chi connectivity index (χ4n) is 3.50. The summed E-state index contributed by atoms with van der Waals surface area (Å²) in [5.74, 6) is 0.362. The molecule has 0 aliphatic carbocycles. The van der Waals surface area contributed by atoms with Gasteiger partial charge in [-0.15, -0.1) is 0 Å². The standard InChI is InChI=1S/C24H41N3O6/c1-14(2)17(6)21(32-15(3)4)18(13-28)19(29)12-16(5)27-11-10-20(25-22(27)30)26-23(31)33-24(7,8)9/h10-11,14,16-19,21,28-29H,3,12-13H2,1-2,4-9H3,(H,25,26,30,31). The molecule has 5 atom stereocenters. The summed E-state index contributed by atoms with van der Waals surface area (Å²) in [6.07, 6.45) is -0.352. The molecule has 188 valence electrons. The Morgan fingerprint density at radius 2 is 1.88 bits per heavy atom. The topological polar surface area (TPSA) is 123 Å². The number of nitrogens with one attached hydrogen (secondary N) is 1. The molecule has 3 N–H and O–H groups in total. The summed E-state index contributed by atoms with van der Waals surface area (Å²) in [5, 5.41) is 23.4. The molecule has 1 heterocycles. The summed E-state index contributed by atoms with van der Waals surface area (Å²) in [6.45, 7) is 18.4. The lowest BCUT2D eigenvalue weighted by Crippen LogP contribution is -2.42. The lowest BCUT2D eigenvalue weighted by Gasteiger charge is -2.36. The van der Waals surface area contributed by atoms with Crippen LogP contribution in [0.25, 0.3) is 0 Å². The molecule has 1 amide bonds. The van der Waals surface area contributed by atoms with E-state index in [9.17, 15) is 19.8 Å². The molecule has 9 nitrogen and oxygen atoms in total. The van der Waals surface area contributed by atoms with Crippen LogP contribution in [0.3, 0.4) is 0 Å². The Morgan fingerprint density at radius 3 is 2.33 bits per heavy atom. The zero-order valence-electron chi connectivity index (χ0n) is 21.2.